The molecule has 0 bridgehead atoms. The number of tetrazole rings is 1. The number of aromatic nitrogens is 4. The van der Waals surface area contributed by atoms with E-state index in [-0.39, 0.29) is 0 Å². The lowest BCUT2D eigenvalue weighted by atomic mass is 9.93. The third-order valence-corrected chi connectivity index (χ3v) is 3.92. The Kier molecular flexibility index (Phi) is 3.53. The van der Waals surface area contributed by atoms with E-state index >= 15 is 0 Å². The number of nitrogens with one attached hydrogen (secondary N) is 1. The van der Waals surface area contributed by atoms with Crippen molar-refractivity contribution in [2.75, 3.05) is 7.05 Å². The molecule has 1 fully saturated rings. The van der Waals surface area contributed by atoms with Crippen LogP contribution in [-0.4, -0.2) is 27.3 Å². The molecule has 0 radical (unpaired) electrons. The normalized spacial score (nSPS) is 29.8. The summed E-state index contributed by atoms with van der Waals surface area (Å²) in [6, 6.07) is 0.489. The summed E-state index contributed by atoms with van der Waals surface area (Å²) in [4.78, 5) is 0. The zero-order valence-corrected chi connectivity index (χ0v) is 10.3. The lowest BCUT2D eigenvalue weighted by Crippen LogP contribution is -2.21. The van der Waals surface area contributed by atoms with Gasteiger partial charge in [-0.15, -0.1) is 5.10 Å². The zero-order chi connectivity index (χ0) is 11.5. The first-order chi connectivity index (χ1) is 7.77. The van der Waals surface area contributed by atoms with Crippen LogP contribution < -0.4 is 5.32 Å². The molecule has 1 aliphatic carbocycles. The van der Waals surface area contributed by atoms with E-state index in [0.29, 0.717) is 12.0 Å². The van der Waals surface area contributed by atoms with E-state index in [1.165, 1.54) is 19.3 Å². The van der Waals surface area contributed by atoms with Crippen LogP contribution in [-0.2, 0) is 6.54 Å². The van der Waals surface area contributed by atoms with Crippen molar-refractivity contribution in [3.63, 3.8) is 0 Å². The molecule has 1 aromatic heterocycles. The second kappa shape index (κ2) is 4.91. The summed E-state index contributed by atoms with van der Waals surface area (Å²) in [7, 11) is 1.92. The van der Waals surface area contributed by atoms with Crippen LogP contribution in [0.4, 0.5) is 0 Å². The highest BCUT2D eigenvalue weighted by atomic mass is 15.6. The van der Waals surface area contributed by atoms with Crippen molar-refractivity contribution in [1.82, 2.24) is 25.5 Å². The quantitative estimate of drug-likeness (QED) is 0.838. The second-order valence-electron chi connectivity index (χ2n) is 4.74. The van der Waals surface area contributed by atoms with E-state index in [4.69, 9.17) is 0 Å². The zero-order valence-electron chi connectivity index (χ0n) is 10.3. The van der Waals surface area contributed by atoms with Crippen LogP contribution in [0.25, 0.3) is 0 Å². The van der Waals surface area contributed by atoms with Crippen LogP contribution in [0.2, 0.25) is 0 Å². The lowest BCUT2D eigenvalue weighted by molar-refractivity contribution is 0.301. The molecule has 1 saturated carbocycles. The first-order valence-corrected chi connectivity index (χ1v) is 6.19. The van der Waals surface area contributed by atoms with E-state index in [9.17, 15) is 0 Å². The van der Waals surface area contributed by atoms with Crippen LogP contribution in [0.15, 0.2) is 0 Å². The van der Waals surface area contributed by atoms with Crippen molar-refractivity contribution in [1.29, 1.82) is 0 Å². The molecule has 90 valence electrons. The summed E-state index contributed by atoms with van der Waals surface area (Å²) in [5.41, 5.74) is 0. The number of hydrogen-bond acceptors (Lipinski definition) is 4. The van der Waals surface area contributed by atoms with E-state index in [1.807, 2.05) is 11.7 Å². The summed E-state index contributed by atoms with van der Waals surface area (Å²) in [5.74, 6) is 2.47. The molecule has 1 N–H and O–H groups in total. The van der Waals surface area contributed by atoms with E-state index in [0.717, 1.165) is 18.3 Å². The highest BCUT2D eigenvalue weighted by Gasteiger charge is 2.34. The van der Waals surface area contributed by atoms with Crippen LogP contribution >= 0.6 is 0 Å². The maximum absolute atomic E-state index is 4.15. The Morgan fingerprint density at radius 1 is 1.44 bits per heavy atom. The summed E-state index contributed by atoms with van der Waals surface area (Å²) < 4.78 is 2.02. The minimum Gasteiger partial charge on any atom is -0.313 e. The molecule has 0 spiro atoms. The van der Waals surface area contributed by atoms with Gasteiger partial charge < -0.3 is 5.32 Å². The summed E-state index contributed by atoms with van der Waals surface area (Å²) >= 11 is 0. The van der Waals surface area contributed by atoms with Gasteiger partial charge in [0.05, 0.1) is 12.6 Å². The summed E-state index contributed by atoms with van der Waals surface area (Å²) in [5, 5.41) is 15.1. The fourth-order valence-corrected chi connectivity index (χ4v) is 2.89. The Labute approximate surface area is 96.6 Å². The predicted octanol–water partition coefficient (Wildman–Crippen LogP) is 1.39. The lowest BCUT2D eigenvalue weighted by Gasteiger charge is -2.20. The molecule has 5 nitrogen and oxygen atoms in total. The Bertz CT molecular complexity index is 335. The first-order valence-electron chi connectivity index (χ1n) is 6.19. The van der Waals surface area contributed by atoms with Gasteiger partial charge in [0.1, 0.15) is 0 Å². The molecule has 2 rings (SSSR count). The SMILES string of the molecule is CCC1CCC(n2nnnc2CNC)C1C. The average molecular weight is 223 g/mol. The summed E-state index contributed by atoms with van der Waals surface area (Å²) in [6.07, 6.45) is 3.78. The van der Waals surface area contributed by atoms with Gasteiger partial charge in [-0.3, -0.25) is 0 Å². The molecular weight excluding hydrogens is 202 g/mol. The highest BCUT2D eigenvalue weighted by Crippen LogP contribution is 2.41. The maximum atomic E-state index is 4.15. The van der Waals surface area contributed by atoms with Crippen molar-refractivity contribution < 1.29 is 0 Å². The van der Waals surface area contributed by atoms with Crippen LogP contribution in [0.5, 0.6) is 0 Å². The standard InChI is InChI=1S/C11H21N5/c1-4-9-5-6-10(8(9)2)16-11(7-12-3)13-14-15-16/h8-10,12H,4-7H2,1-3H3. The fraction of sp³-hybridized carbons (Fsp3) is 0.909. The Hall–Kier alpha value is -0.970. The van der Waals surface area contributed by atoms with E-state index in [2.05, 4.69) is 34.7 Å². The van der Waals surface area contributed by atoms with Gasteiger partial charge in [0.15, 0.2) is 5.82 Å². The molecule has 16 heavy (non-hydrogen) atoms. The Morgan fingerprint density at radius 3 is 2.88 bits per heavy atom. The monoisotopic (exact) mass is 223 g/mol. The van der Waals surface area contributed by atoms with Crippen LogP contribution in [0.3, 0.4) is 0 Å². The minimum atomic E-state index is 0.489. The molecule has 0 amide bonds. The third kappa shape index (κ3) is 1.96. The van der Waals surface area contributed by atoms with Crippen molar-refractivity contribution >= 4 is 0 Å². The Morgan fingerprint density at radius 2 is 2.25 bits per heavy atom. The molecular formula is C11H21N5. The van der Waals surface area contributed by atoms with Gasteiger partial charge in [-0.05, 0) is 42.2 Å². The maximum Gasteiger partial charge on any atom is 0.165 e. The highest BCUT2D eigenvalue weighted by molar-refractivity contribution is 4.91. The Balaban J connectivity index is 2.15. The van der Waals surface area contributed by atoms with Gasteiger partial charge >= 0.3 is 0 Å². The van der Waals surface area contributed by atoms with E-state index in [1.54, 1.807) is 0 Å². The number of nitrogens with zero attached hydrogens (tertiary/aromatic N) is 4. The molecule has 5 heteroatoms. The topological polar surface area (TPSA) is 55.6 Å². The second-order valence-corrected chi connectivity index (χ2v) is 4.74. The average Bonchev–Trinajstić information content (AvgIpc) is 2.85. The first kappa shape index (κ1) is 11.5. The van der Waals surface area contributed by atoms with Crippen molar-refractivity contribution in [3.05, 3.63) is 5.82 Å². The van der Waals surface area contributed by atoms with E-state index < -0.39 is 0 Å². The molecule has 3 atom stereocenters. The van der Waals surface area contributed by atoms with Crippen LogP contribution in [0.1, 0.15) is 45.0 Å². The fourth-order valence-electron chi connectivity index (χ4n) is 2.89. The predicted molar refractivity (Wildman–Crippen MR) is 61.8 cm³/mol. The minimum absolute atomic E-state index is 0.489. The number of hydrogen-bond donors (Lipinski definition) is 1. The van der Waals surface area contributed by atoms with Crippen LogP contribution in [0, 0.1) is 11.8 Å². The van der Waals surface area contributed by atoms with Crippen molar-refractivity contribution in [3.8, 4) is 0 Å². The third-order valence-electron chi connectivity index (χ3n) is 3.92. The van der Waals surface area contributed by atoms with Gasteiger partial charge in [-0.1, -0.05) is 20.3 Å². The molecule has 0 saturated heterocycles. The summed E-state index contributed by atoms with van der Waals surface area (Å²) in [6.45, 7) is 5.35. The van der Waals surface area contributed by atoms with Crippen molar-refractivity contribution in [2.45, 2.75) is 45.7 Å². The van der Waals surface area contributed by atoms with Crippen molar-refractivity contribution in [2.24, 2.45) is 11.8 Å². The molecule has 3 unspecified atom stereocenters. The van der Waals surface area contributed by atoms with Gasteiger partial charge in [0.2, 0.25) is 0 Å². The molecule has 0 aromatic carbocycles. The molecule has 1 aliphatic rings. The molecule has 1 aromatic rings. The smallest absolute Gasteiger partial charge is 0.165 e. The number of rotatable bonds is 4. The van der Waals surface area contributed by atoms with Gasteiger partial charge in [-0.2, -0.15) is 0 Å². The van der Waals surface area contributed by atoms with Gasteiger partial charge in [0.25, 0.3) is 0 Å². The molecule has 1 heterocycles. The van der Waals surface area contributed by atoms with Gasteiger partial charge in [-0.25, -0.2) is 4.68 Å². The van der Waals surface area contributed by atoms with Gasteiger partial charge in [0, 0.05) is 0 Å². The largest absolute Gasteiger partial charge is 0.313 e. The molecule has 0 aliphatic heterocycles.